The van der Waals surface area contributed by atoms with Crippen molar-refractivity contribution in [3.8, 4) is 0 Å². The quantitative estimate of drug-likeness (QED) is 0.568. The summed E-state index contributed by atoms with van der Waals surface area (Å²) in [5.41, 5.74) is 4.97. The molecular weight excluding hydrogens is 280 g/mol. The molecule has 8 nitrogen and oxygen atoms in total. The first kappa shape index (κ1) is 16.4. The van der Waals surface area contributed by atoms with Crippen LogP contribution in [0.3, 0.4) is 0 Å². The van der Waals surface area contributed by atoms with E-state index in [1.807, 2.05) is 6.92 Å². The molecule has 0 aromatic carbocycles. The van der Waals surface area contributed by atoms with Crippen LogP contribution in [0, 0.1) is 0 Å². The van der Waals surface area contributed by atoms with E-state index in [0.29, 0.717) is 18.2 Å². The lowest BCUT2D eigenvalue weighted by atomic mass is 10.1. The lowest BCUT2D eigenvalue weighted by Gasteiger charge is -2.25. The van der Waals surface area contributed by atoms with Crippen LogP contribution >= 0.6 is 0 Å². The maximum absolute atomic E-state index is 11.3. The molecule has 0 bridgehead atoms. The Hall–Kier alpha value is -1.61. The third-order valence-electron chi connectivity index (χ3n) is 2.27. The van der Waals surface area contributed by atoms with E-state index in [-0.39, 0.29) is 5.95 Å². The van der Waals surface area contributed by atoms with Gasteiger partial charge in [-0.05, 0) is 20.8 Å². The SMILES string of the molecule is CCNc1cc(NCC(C)(C)NS(C)(=O)=O)nc(N)n1. The van der Waals surface area contributed by atoms with Crippen LogP contribution in [0.1, 0.15) is 20.8 Å². The zero-order valence-corrected chi connectivity index (χ0v) is 13.0. The molecule has 0 atom stereocenters. The number of hydrogen-bond acceptors (Lipinski definition) is 7. The predicted octanol–water partition coefficient (Wildman–Crippen LogP) is 0.230. The molecule has 0 saturated carbocycles. The molecule has 0 aliphatic heterocycles. The Labute approximate surface area is 119 Å². The van der Waals surface area contributed by atoms with E-state index in [4.69, 9.17) is 5.73 Å². The summed E-state index contributed by atoms with van der Waals surface area (Å²) in [6.07, 6.45) is 1.13. The monoisotopic (exact) mass is 302 g/mol. The number of sulfonamides is 1. The fourth-order valence-corrected chi connectivity index (χ4v) is 2.75. The zero-order chi connectivity index (χ0) is 15.4. The van der Waals surface area contributed by atoms with Crippen molar-refractivity contribution in [3.63, 3.8) is 0 Å². The van der Waals surface area contributed by atoms with Gasteiger partial charge in [-0.3, -0.25) is 0 Å². The first-order valence-corrected chi connectivity index (χ1v) is 8.12. The molecule has 0 aliphatic carbocycles. The summed E-state index contributed by atoms with van der Waals surface area (Å²) in [5, 5.41) is 6.09. The summed E-state index contributed by atoms with van der Waals surface area (Å²) in [4.78, 5) is 8.09. The second-order valence-electron chi connectivity index (χ2n) is 5.14. The van der Waals surface area contributed by atoms with Crippen LogP contribution in [0.25, 0.3) is 0 Å². The summed E-state index contributed by atoms with van der Waals surface area (Å²) in [6.45, 7) is 6.58. The van der Waals surface area contributed by atoms with E-state index in [9.17, 15) is 8.42 Å². The largest absolute Gasteiger partial charge is 0.370 e. The maximum atomic E-state index is 11.3. The van der Waals surface area contributed by atoms with Crippen LogP contribution in [-0.2, 0) is 10.0 Å². The van der Waals surface area contributed by atoms with Gasteiger partial charge >= 0.3 is 0 Å². The van der Waals surface area contributed by atoms with Gasteiger partial charge in [-0.25, -0.2) is 13.1 Å². The van der Waals surface area contributed by atoms with Crippen molar-refractivity contribution in [1.82, 2.24) is 14.7 Å². The maximum Gasteiger partial charge on any atom is 0.223 e. The van der Waals surface area contributed by atoms with Gasteiger partial charge < -0.3 is 16.4 Å². The second-order valence-corrected chi connectivity index (χ2v) is 6.89. The second kappa shape index (κ2) is 6.23. The Morgan fingerprint density at radius 3 is 2.30 bits per heavy atom. The number of nitrogen functional groups attached to an aromatic ring is 1. The average Bonchev–Trinajstić information content (AvgIpc) is 2.23. The van der Waals surface area contributed by atoms with E-state index < -0.39 is 15.6 Å². The van der Waals surface area contributed by atoms with Gasteiger partial charge in [0.15, 0.2) is 0 Å². The first-order chi connectivity index (χ1) is 9.11. The molecule has 9 heteroatoms. The lowest BCUT2D eigenvalue weighted by molar-refractivity contribution is 0.476. The number of nitrogens with one attached hydrogen (secondary N) is 3. The number of aromatic nitrogens is 2. The summed E-state index contributed by atoms with van der Waals surface area (Å²) in [7, 11) is -3.27. The fourth-order valence-electron chi connectivity index (χ4n) is 1.68. The van der Waals surface area contributed by atoms with Crippen molar-refractivity contribution in [1.29, 1.82) is 0 Å². The van der Waals surface area contributed by atoms with E-state index >= 15 is 0 Å². The molecule has 0 fully saturated rings. The first-order valence-electron chi connectivity index (χ1n) is 6.22. The van der Waals surface area contributed by atoms with Gasteiger partial charge in [0, 0.05) is 24.7 Å². The minimum Gasteiger partial charge on any atom is -0.370 e. The standard InChI is InChI=1S/C11H22N6O2S/c1-5-13-8-6-9(16-10(12)15-8)14-7-11(2,3)17-20(4,18)19/h6,17H,5,7H2,1-4H3,(H4,12,13,14,15,16). The molecule has 1 aromatic heterocycles. The van der Waals surface area contributed by atoms with Crippen LogP contribution in [-0.4, -0.2) is 43.3 Å². The molecule has 0 spiro atoms. The van der Waals surface area contributed by atoms with Crippen molar-refractivity contribution in [2.24, 2.45) is 0 Å². The molecule has 20 heavy (non-hydrogen) atoms. The lowest BCUT2D eigenvalue weighted by Crippen LogP contribution is -2.47. The third-order valence-corrected chi connectivity index (χ3v) is 3.20. The van der Waals surface area contributed by atoms with E-state index in [1.54, 1.807) is 19.9 Å². The molecule has 0 aliphatic rings. The van der Waals surface area contributed by atoms with Crippen LogP contribution in [0.15, 0.2) is 6.07 Å². The molecule has 1 heterocycles. The molecule has 114 valence electrons. The third kappa shape index (κ3) is 6.02. The van der Waals surface area contributed by atoms with Crippen LogP contribution < -0.4 is 21.1 Å². The van der Waals surface area contributed by atoms with E-state index in [0.717, 1.165) is 12.8 Å². The van der Waals surface area contributed by atoms with Crippen LogP contribution in [0.5, 0.6) is 0 Å². The van der Waals surface area contributed by atoms with Crippen LogP contribution in [0.2, 0.25) is 0 Å². The number of nitrogens with zero attached hydrogens (tertiary/aromatic N) is 2. The highest BCUT2D eigenvalue weighted by atomic mass is 32.2. The van der Waals surface area contributed by atoms with Crippen molar-refractivity contribution in [2.75, 3.05) is 35.7 Å². The van der Waals surface area contributed by atoms with Gasteiger partial charge in [0.25, 0.3) is 0 Å². The van der Waals surface area contributed by atoms with Crippen molar-refractivity contribution in [3.05, 3.63) is 6.07 Å². The van der Waals surface area contributed by atoms with Gasteiger partial charge in [-0.1, -0.05) is 0 Å². The molecule has 0 amide bonds. The highest BCUT2D eigenvalue weighted by Crippen LogP contribution is 2.14. The molecule has 1 rings (SSSR count). The van der Waals surface area contributed by atoms with Gasteiger partial charge in [0.2, 0.25) is 16.0 Å². The van der Waals surface area contributed by atoms with Gasteiger partial charge in [-0.2, -0.15) is 9.97 Å². The highest BCUT2D eigenvalue weighted by molar-refractivity contribution is 7.88. The Kier molecular flexibility index (Phi) is 5.12. The molecule has 0 unspecified atom stereocenters. The van der Waals surface area contributed by atoms with Crippen LogP contribution in [0.4, 0.5) is 17.6 Å². The minimum absolute atomic E-state index is 0.153. The van der Waals surface area contributed by atoms with Gasteiger partial charge in [-0.15, -0.1) is 0 Å². The molecule has 0 radical (unpaired) electrons. The summed E-state index contributed by atoms with van der Waals surface area (Å²) in [6, 6.07) is 1.72. The molecular formula is C11H22N6O2S. The number of anilines is 3. The number of hydrogen-bond donors (Lipinski definition) is 4. The smallest absolute Gasteiger partial charge is 0.223 e. The number of nitrogens with two attached hydrogens (primary N) is 1. The normalized spacial score (nSPS) is 12.2. The van der Waals surface area contributed by atoms with E-state index in [1.165, 1.54) is 0 Å². The Bertz CT molecular complexity index is 558. The topological polar surface area (TPSA) is 122 Å². The zero-order valence-electron chi connectivity index (χ0n) is 12.2. The summed E-state index contributed by atoms with van der Waals surface area (Å²) in [5.74, 6) is 1.31. The summed E-state index contributed by atoms with van der Waals surface area (Å²) >= 11 is 0. The van der Waals surface area contributed by atoms with Crippen molar-refractivity contribution in [2.45, 2.75) is 26.3 Å². The Morgan fingerprint density at radius 2 is 1.80 bits per heavy atom. The van der Waals surface area contributed by atoms with Gasteiger partial charge in [0.1, 0.15) is 11.6 Å². The van der Waals surface area contributed by atoms with Gasteiger partial charge in [0.05, 0.1) is 6.26 Å². The van der Waals surface area contributed by atoms with E-state index in [2.05, 4.69) is 25.3 Å². The Balaban J connectivity index is 2.74. The fraction of sp³-hybridized carbons (Fsp3) is 0.636. The Morgan fingerprint density at radius 1 is 1.25 bits per heavy atom. The number of rotatable bonds is 7. The molecule has 5 N–H and O–H groups in total. The summed E-state index contributed by atoms with van der Waals surface area (Å²) < 4.78 is 25.1. The molecule has 0 saturated heterocycles. The predicted molar refractivity (Wildman–Crippen MR) is 81.2 cm³/mol. The minimum atomic E-state index is -3.27. The van der Waals surface area contributed by atoms with Crippen molar-refractivity contribution < 1.29 is 8.42 Å². The highest BCUT2D eigenvalue weighted by Gasteiger charge is 2.22. The molecule has 1 aromatic rings. The van der Waals surface area contributed by atoms with Crippen molar-refractivity contribution >= 4 is 27.6 Å². The average molecular weight is 302 g/mol.